The van der Waals surface area contributed by atoms with Gasteiger partial charge in [0, 0.05) is 31.4 Å². The van der Waals surface area contributed by atoms with Gasteiger partial charge in [-0.05, 0) is 33.0 Å². The number of hydrogen-bond donors (Lipinski definition) is 1. The van der Waals surface area contributed by atoms with Crippen molar-refractivity contribution < 1.29 is 0 Å². The van der Waals surface area contributed by atoms with Gasteiger partial charge < -0.3 is 15.2 Å². The quantitative estimate of drug-likeness (QED) is 0.765. The summed E-state index contributed by atoms with van der Waals surface area (Å²) in [5, 5.41) is 0. The van der Waals surface area contributed by atoms with Crippen molar-refractivity contribution in [2.45, 2.75) is 25.9 Å². The van der Waals surface area contributed by atoms with Crippen LogP contribution in [0, 0.1) is 0 Å². The van der Waals surface area contributed by atoms with E-state index in [9.17, 15) is 4.79 Å². The third-order valence-electron chi connectivity index (χ3n) is 2.59. The summed E-state index contributed by atoms with van der Waals surface area (Å²) in [6, 6.07) is 5.46. The van der Waals surface area contributed by atoms with Crippen LogP contribution in [0.4, 0.5) is 0 Å². The first kappa shape index (κ1) is 12.9. The van der Waals surface area contributed by atoms with Crippen molar-refractivity contribution in [3.63, 3.8) is 0 Å². The molecule has 1 unspecified atom stereocenters. The largest absolute Gasteiger partial charge is 0.328 e. The maximum Gasteiger partial charge on any atom is 0.250 e. The lowest BCUT2D eigenvalue weighted by Crippen LogP contribution is -2.30. The molecule has 0 aliphatic rings. The van der Waals surface area contributed by atoms with Crippen LogP contribution < -0.4 is 11.3 Å². The molecule has 0 aliphatic heterocycles. The van der Waals surface area contributed by atoms with Gasteiger partial charge in [0.05, 0.1) is 0 Å². The SMILES string of the molecule is CC(N)CCN(C)CCn1ccccc1=O. The molecule has 0 aliphatic carbocycles. The molecule has 0 saturated heterocycles. The first-order valence-corrected chi connectivity index (χ1v) is 5.69. The molecule has 0 amide bonds. The predicted octanol–water partition coefficient (Wildman–Crippen LogP) is 0.517. The van der Waals surface area contributed by atoms with Crippen molar-refractivity contribution in [2.24, 2.45) is 5.73 Å². The van der Waals surface area contributed by atoms with E-state index < -0.39 is 0 Å². The topological polar surface area (TPSA) is 51.3 Å². The van der Waals surface area contributed by atoms with E-state index in [1.54, 1.807) is 16.7 Å². The van der Waals surface area contributed by atoms with Crippen LogP contribution in [0.15, 0.2) is 29.2 Å². The summed E-state index contributed by atoms with van der Waals surface area (Å²) in [5.74, 6) is 0. The van der Waals surface area contributed by atoms with E-state index >= 15 is 0 Å². The van der Waals surface area contributed by atoms with Crippen LogP contribution in [0.5, 0.6) is 0 Å². The predicted molar refractivity (Wildman–Crippen MR) is 66.5 cm³/mol. The Kier molecular flexibility index (Phi) is 5.22. The Labute approximate surface area is 96.7 Å². The van der Waals surface area contributed by atoms with Crippen molar-refractivity contribution in [3.05, 3.63) is 34.7 Å². The zero-order valence-corrected chi connectivity index (χ0v) is 10.1. The first-order valence-electron chi connectivity index (χ1n) is 5.69. The van der Waals surface area contributed by atoms with Crippen molar-refractivity contribution in [1.29, 1.82) is 0 Å². The molecule has 1 rings (SSSR count). The number of pyridine rings is 1. The van der Waals surface area contributed by atoms with Crippen LogP contribution in [0.25, 0.3) is 0 Å². The van der Waals surface area contributed by atoms with E-state index in [1.165, 1.54) is 0 Å². The van der Waals surface area contributed by atoms with E-state index in [0.717, 1.165) is 26.1 Å². The van der Waals surface area contributed by atoms with Gasteiger partial charge >= 0.3 is 0 Å². The Morgan fingerprint density at radius 3 is 2.81 bits per heavy atom. The lowest BCUT2D eigenvalue weighted by atomic mass is 10.2. The van der Waals surface area contributed by atoms with Gasteiger partial charge in [-0.25, -0.2) is 0 Å². The second-order valence-corrected chi connectivity index (χ2v) is 4.30. The second kappa shape index (κ2) is 6.45. The Hall–Kier alpha value is -1.13. The van der Waals surface area contributed by atoms with Crippen molar-refractivity contribution >= 4 is 0 Å². The normalized spacial score (nSPS) is 13.0. The van der Waals surface area contributed by atoms with Gasteiger partial charge in [0.15, 0.2) is 0 Å². The van der Waals surface area contributed by atoms with E-state index in [-0.39, 0.29) is 11.6 Å². The fourth-order valence-electron chi connectivity index (χ4n) is 1.46. The molecule has 1 heterocycles. The fourth-order valence-corrected chi connectivity index (χ4v) is 1.46. The van der Waals surface area contributed by atoms with Gasteiger partial charge in [-0.3, -0.25) is 4.79 Å². The number of likely N-dealkylation sites (N-methyl/N-ethyl adjacent to an activating group) is 1. The van der Waals surface area contributed by atoms with Gasteiger partial charge in [0.1, 0.15) is 0 Å². The highest BCUT2D eigenvalue weighted by atomic mass is 16.1. The number of rotatable bonds is 6. The molecule has 90 valence electrons. The second-order valence-electron chi connectivity index (χ2n) is 4.30. The van der Waals surface area contributed by atoms with E-state index in [0.29, 0.717) is 0 Å². The molecule has 0 aromatic carbocycles. The highest BCUT2D eigenvalue weighted by Gasteiger charge is 2.01. The van der Waals surface area contributed by atoms with Gasteiger partial charge in [-0.15, -0.1) is 0 Å². The standard InChI is InChI=1S/C12H21N3O/c1-11(13)6-8-14(2)9-10-15-7-4-3-5-12(15)16/h3-5,7,11H,6,8-10,13H2,1-2H3. The summed E-state index contributed by atoms with van der Waals surface area (Å²) in [4.78, 5) is 13.6. The summed E-state index contributed by atoms with van der Waals surface area (Å²) >= 11 is 0. The van der Waals surface area contributed by atoms with Gasteiger partial charge in [-0.2, -0.15) is 0 Å². The van der Waals surface area contributed by atoms with Crippen LogP contribution in [0.3, 0.4) is 0 Å². The molecular formula is C12H21N3O. The molecule has 2 N–H and O–H groups in total. The summed E-state index contributed by atoms with van der Waals surface area (Å²) in [5.41, 5.74) is 5.75. The summed E-state index contributed by atoms with van der Waals surface area (Å²) < 4.78 is 1.72. The summed E-state index contributed by atoms with van der Waals surface area (Å²) in [6.45, 7) is 4.58. The fraction of sp³-hybridized carbons (Fsp3) is 0.583. The Morgan fingerprint density at radius 1 is 1.44 bits per heavy atom. The molecule has 1 atom stereocenters. The highest BCUT2D eigenvalue weighted by molar-refractivity contribution is 4.93. The average Bonchev–Trinajstić information content (AvgIpc) is 2.25. The Morgan fingerprint density at radius 2 is 2.19 bits per heavy atom. The molecule has 0 bridgehead atoms. The van der Waals surface area contributed by atoms with Gasteiger partial charge in [-0.1, -0.05) is 6.07 Å². The molecule has 0 spiro atoms. The first-order chi connectivity index (χ1) is 7.59. The molecule has 0 saturated carbocycles. The Balaban J connectivity index is 2.34. The van der Waals surface area contributed by atoms with Crippen molar-refractivity contribution in [1.82, 2.24) is 9.47 Å². The summed E-state index contributed by atoms with van der Waals surface area (Å²) in [7, 11) is 2.05. The molecule has 1 aromatic heterocycles. The van der Waals surface area contributed by atoms with Crippen LogP contribution in [-0.2, 0) is 6.54 Å². The molecule has 4 heteroatoms. The van der Waals surface area contributed by atoms with Crippen LogP contribution >= 0.6 is 0 Å². The molecule has 16 heavy (non-hydrogen) atoms. The smallest absolute Gasteiger partial charge is 0.250 e. The molecular weight excluding hydrogens is 202 g/mol. The van der Waals surface area contributed by atoms with Crippen molar-refractivity contribution in [3.8, 4) is 0 Å². The highest BCUT2D eigenvalue weighted by Crippen LogP contribution is 1.92. The lowest BCUT2D eigenvalue weighted by Gasteiger charge is -2.18. The van der Waals surface area contributed by atoms with E-state index in [2.05, 4.69) is 11.9 Å². The van der Waals surface area contributed by atoms with Crippen molar-refractivity contribution in [2.75, 3.05) is 20.1 Å². The van der Waals surface area contributed by atoms with E-state index in [4.69, 9.17) is 5.73 Å². The average molecular weight is 223 g/mol. The molecule has 0 fully saturated rings. The van der Waals surface area contributed by atoms with Gasteiger partial charge in [0.25, 0.3) is 5.56 Å². The van der Waals surface area contributed by atoms with E-state index in [1.807, 2.05) is 19.2 Å². The monoisotopic (exact) mass is 223 g/mol. The minimum absolute atomic E-state index is 0.0584. The molecule has 1 aromatic rings. The minimum atomic E-state index is 0.0584. The molecule has 0 radical (unpaired) electrons. The number of hydrogen-bond acceptors (Lipinski definition) is 3. The van der Waals surface area contributed by atoms with Gasteiger partial charge in [0.2, 0.25) is 0 Å². The Bertz CT molecular complexity index is 359. The third-order valence-corrected chi connectivity index (χ3v) is 2.59. The van der Waals surface area contributed by atoms with Crippen LogP contribution in [0.1, 0.15) is 13.3 Å². The molecule has 4 nitrogen and oxygen atoms in total. The number of nitrogens with zero attached hydrogens (tertiary/aromatic N) is 2. The lowest BCUT2D eigenvalue weighted by molar-refractivity contribution is 0.305. The summed E-state index contributed by atoms with van der Waals surface area (Å²) in [6.07, 6.45) is 2.81. The van der Waals surface area contributed by atoms with Crippen LogP contribution in [-0.4, -0.2) is 35.6 Å². The maximum absolute atomic E-state index is 11.4. The zero-order chi connectivity index (χ0) is 12.0. The third kappa shape index (κ3) is 4.59. The number of nitrogens with two attached hydrogens (primary N) is 1. The number of aromatic nitrogens is 1. The van der Waals surface area contributed by atoms with Crippen LogP contribution in [0.2, 0.25) is 0 Å². The maximum atomic E-state index is 11.4. The zero-order valence-electron chi connectivity index (χ0n) is 10.1. The minimum Gasteiger partial charge on any atom is -0.328 e.